The van der Waals surface area contributed by atoms with Crippen molar-refractivity contribution < 1.29 is 24.0 Å². The van der Waals surface area contributed by atoms with Crippen molar-refractivity contribution in [2.24, 2.45) is 0 Å². The molecule has 0 spiro atoms. The Morgan fingerprint density at radius 1 is 1.03 bits per heavy atom. The maximum atomic E-state index is 13.5. The number of esters is 1. The average molecular weight is 448 g/mol. The van der Waals surface area contributed by atoms with Gasteiger partial charge in [0.2, 0.25) is 0 Å². The molecular weight excluding hydrogens is 424 g/mol. The predicted molar refractivity (Wildman–Crippen MR) is 121 cm³/mol. The van der Waals surface area contributed by atoms with Crippen LogP contribution in [0.1, 0.15) is 42.7 Å². The zero-order valence-corrected chi connectivity index (χ0v) is 18.6. The standard InChI is InChI=1S/C25H24N2O6/c1-14-22(25(29)33-3)23(16-4-8-18(9-5-16)27(30)31)24-20(26-14)12-17(13-21(24)28)15-6-10-19(32-2)11-7-15/h4-11,17,23,26H,12-13H2,1-3H3/t17-,23-/m0/s1. The van der Waals surface area contributed by atoms with Crippen LogP contribution in [-0.4, -0.2) is 30.9 Å². The van der Waals surface area contributed by atoms with E-state index in [1.165, 1.54) is 19.2 Å². The number of nitrogens with one attached hydrogen (secondary N) is 1. The van der Waals surface area contributed by atoms with Crippen LogP contribution in [0.2, 0.25) is 0 Å². The fourth-order valence-corrected chi connectivity index (χ4v) is 4.65. The molecule has 0 amide bonds. The summed E-state index contributed by atoms with van der Waals surface area (Å²) in [4.78, 5) is 36.8. The van der Waals surface area contributed by atoms with Gasteiger partial charge in [0, 0.05) is 41.4 Å². The van der Waals surface area contributed by atoms with E-state index >= 15 is 0 Å². The number of ether oxygens (including phenoxy) is 2. The lowest BCUT2D eigenvalue weighted by Crippen LogP contribution is -2.36. The molecule has 170 valence electrons. The highest BCUT2D eigenvalue weighted by Gasteiger charge is 2.41. The van der Waals surface area contributed by atoms with Gasteiger partial charge in [-0.05, 0) is 42.5 Å². The third kappa shape index (κ3) is 4.11. The minimum absolute atomic E-state index is 0.0142. The number of hydrogen-bond donors (Lipinski definition) is 1. The number of carbonyl (C=O) groups excluding carboxylic acids is 2. The van der Waals surface area contributed by atoms with Crippen molar-refractivity contribution in [1.82, 2.24) is 5.32 Å². The zero-order valence-electron chi connectivity index (χ0n) is 18.6. The van der Waals surface area contributed by atoms with Gasteiger partial charge in [-0.1, -0.05) is 24.3 Å². The summed E-state index contributed by atoms with van der Waals surface area (Å²) in [6.07, 6.45) is 0.895. The largest absolute Gasteiger partial charge is 0.497 e. The second-order valence-corrected chi connectivity index (χ2v) is 8.13. The second-order valence-electron chi connectivity index (χ2n) is 8.13. The number of non-ortho nitro benzene ring substituents is 1. The van der Waals surface area contributed by atoms with Gasteiger partial charge < -0.3 is 14.8 Å². The highest BCUT2D eigenvalue weighted by atomic mass is 16.6. The van der Waals surface area contributed by atoms with E-state index in [1.807, 2.05) is 24.3 Å². The number of ketones is 1. The Labute approximate surface area is 191 Å². The normalized spacial score (nSPS) is 20.2. The number of dihydropyridines is 1. The van der Waals surface area contributed by atoms with E-state index in [-0.39, 0.29) is 17.4 Å². The molecule has 4 rings (SSSR count). The first-order chi connectivity index (χ1) is 15.8. The molecule has 2 aromatic carbocycles. The van der Waals surface area contributed by atoms with E-state index < -0.39 is 16.8 Å². The number of allylic oxidation sites excluding steroid dienone is 3. The number of benzene rings is 2. The fraction of sp³-hybridized carbons (Fsp3) is 0.280. The van der Waals surface area contributed by atoms with Gasteiger partial charge in [0.05, 0.1) is 24.7 Å². The summed E-state index contributed by atoms with van der Waals surface area (Å²) in [5.41, 5.74) is 3.82. The SMILES string of the molecule is COC(=O)C1=C(C)NC2=C(C(=O)C[C@@H](c3ccc(OC)cc3)C2)[C@H]1c1ccc([N+](=O)[O-])cc1. The Morgan fingerprint density at radius 3 is 2.24 bits per heavy atom. The summed E-state index contributed by atoms with van der Waals surface area (Å²) in [5.74, 6) is -0.531. The summed E-state index contributed by atoms with van der Waals surface area (Å²) in [5, 5.41) is 14.4. The van der Waals surface area contributed by atoms with Crippen LogP contribution < -0.4 is 10.1 Å². The van der Waals surface area contributed by atoms with E-state index in [0.29, 0.717) is 35.2 Å². The number of methoxy groups -OCH3 is 2. The molecule has 2 aromatic rings. The highest BCUT2D eigenvalue weighted by molar-refractivity contribution is 6.04. The van der Waals surface area contributed by atoms with Crippen molar-refractivity contribution in [3.05, 3.63) is 92.3 Å². The number of Topliss-reactive ketones (excluding diaryl/α,β-unsaturated/α-hetero) is 1. The van der Waals surface area contributed by atoms with Gasteiger partial charge in [0.15, 0.2) is 5.78 Å². The van der Waals surface area contributed by atoms with E-state index in [0.717, 1.165) is 17.0 Å². The summed E-state index contributed by atoms with van der Waals surface area (Å²) in [7, 11) is 2.90. The van der Waals surface area contributed by atoms with Crippen molar-refractivity contribution in [2.75, 3.05) is 14.2 Å². The van der Waals surface area contributed by atoms with Crippen LogP contribution in [0.25, 0.3) is 0 Å². The molecule has 2 aliphatic rings. The Kier molecular flexibility index (Phi) is 6.00. The molecule has 0 saturated carbocycles. The number of nitro benzene ring substituents is 1. The van der Waals surface area contributed by atoms with Crippen molar-refractivity contribution in [1.29, 1.82) is 0 Å². The van der Waals surface area contributed by atoms with Crippen LogP contribution in [0.3, 0.4) is 0 Å². The van der Waals surface area contributed by atoms with Gasteiger partial charge in [0.25, 0.3) is 5.69 Å². The molecule has 0 unspecified atom stereocenters. The number of nitro groups is 1. The molecule has 1 heterocycles. The van der Waals surface area contributed by atoms with Gasteiger partial charge in [-0.2, -0.15) is 0 Å². The van der Waals surface area contributed by atoms with Crippen LogP contribution in [0.4, 0.5) is 5.69 Å². The molecule has 1 aliphatic heterocycles. The zero-order chi connectivity index (χ0) is 23.7. The van der Waals surface area contributed by atoms with Crippen LogP contribution in [-0.2, 0) is 14.3 Å². The Morgan fingerprint density at radius 2 is 1.67 bits per heavy atom. The van der Waals surface area contributed by atoms with Crippen molar-refractivity contribution >= 4 is 17.4 Å². The third-order valence-corrected chi connectivity index (χ3v) is 6.26. The molecule has 0 bridgehead atoms. The number of carbonyl (C=O) groups is 2. The fourth-order valence-electron chi connectivity index (χ4n) is 4.65. The first-order valence-electron chi connectivity index (χ1n) is 10.5. The Balaban J connectivity index is 1.77. The minimum Gasteiger partial charge on any atom is -0.497 e. The highest BCUT2D eigenvalue weighted by Crippen LogP contribution is 2.46. The summed E-state index contributed by atoms with van der Waals surface area (Å²) < 4.78 is 10.2. The minimum atomic E-state index is -0.654. The Hall–Kier alpha value is -3.94. The molecule has 2 atom stereocenters. The monoisotopic (exact) mass is 448 g/mol. The maximum absolute atomic E-state index is 13.5. The van der Waals surface area contributed by atoms with Crippen molar-refractivity contribution in [2.45, 2.75) is 31.6 Å². The molecule has 0 radical (unpaired) electrons. The van der Waals surface area contributed by atoms with Gasteiger partial charge in [-0.25, -0.2) is 4.79 Å². The van der Waals surface area contributed by atoms with Gasteiger partial charge in [-0.15, -0.1) is 0 Å². The number of rotatable bonds is 5. The smallest absolute Gasteiger partial charge is 0.336 e. The van der Waals surface area contributed by atoms with Crippen LogP contribution >= 0.6 is 0 Å². The lowest BCUT2D eigenvalue weighted by atomic mass is 9.71. The topological polar surface area (TPSA) is 108 Å². The van der Waals surface area contributed by atoms with Gasteiger partial charge >= 0.3 is 5.97 Å². The van der Waals surface area contributed by atoms with Gasteiger partial charge in [0.1, 0.15) is 5.75 Å². The summed E-state index contributed by atoms with van der Waals surface area (Å²) in [6.45, 7) is 1.77. The molecule has 0 fully saturated rings. The van der Waals surface area contributed by atoms with E-state index in [4.69, 9.17) is 9.47 Å². The molecule has 8 heteroatoms. The van der Waals surface area contributed by atoms with Crippen LogP contribution in [0.15, 0.2) is 71.1 Å². The van der Waals surface area contributed by atoms with Crippen molar-refractivity contribution in [3.63, 3.8) is 0 Å². The number of nitrogens with zero attached hydrogens (tertiary/aromatic N) is 1. The first-order valence-corrected chi connectivity index (χ1v) is 10.5. The number of hydrogen-bond acceptors (Lipinski definition) is 7. The summed E-state index contributed by atoms with van der Waals surface area (Å²) >= 11 is 0. The summed E-state index contributed by atoms with van der Waals surface area (Å²) in [6, 6.07) is 13.6. The van der Waals surface area contributed by atoms with Crippen LogP contribution in [0, 0.1) is 10.1 Å². The van der Waals surface area contributed by atoms with Gasteiger partial charge in [-0.3, -0.25) is 14.9 Å². The average Bonchev–Trinajstić information content (AvgIpc) is 2.82. The van der Waals surface area contributed by atoms with Crippen molar-refractivity contribution in [3.8, 4) is 5.75 Å². The van der Waals surface area contributed by atoms with Crippen LogP contribution in [0.5, 0.6) is 5.75 Å². The third-order valence-electron chi connectivity index (χ3n) is 6.26. The molecular formula is C25H24N2O6. The predicted octanol–water partition coefficient (Wildman–Crippen LogP) is 4.14. The second kappa shape index (κ2) is 8.90. The van der Waals surface area contributed by atoms with E-state index in [9.17, 15) is 19.7 Å². The van der Waals surface area contributed by atoms with E-state index in [2.05, 4.69) is 5.32 Å². The Bertz CT molecular complexity index is 1180. The molecule has 33 heavy (non-hydrogen) atoms. The first kappa shape index (κ1) is 22.3. The molecule has 0 aromatic heterocycles. The molecule has 0 saturated heterocycles. The maximum Gasteiger partial charge on any atom is 0.336 e. The lowest BCUT2D eigenvalue weighted by molar-refractivity contribution is -0.384. The lowest BCUT2D eigenvalue weighted by Gasteiger charge is -2.36. The molecule has 1 N–H and O–H groups in total. The quantitative estimate of drug-likeness (QED) is 0.416. The van der Waals surface area contributed by atoms with E-state index in [1.54, 1.807) is 26.2 Å². The molecule has 1 aliphatic carbocycles. The molecule has 8 nitrogen and oxygen atoms in total.